The Morgan fingerprint density at radius 3 is 2.74 bits per heavy atom. The van der Waals surface area contributed by atoms with Gasteiger partial charge in [0.15, 0.2) is 11.5 Å². The molecule has 6 heterocycles. The fourth-order valence-corrected chi connectivity index (χ4v) is 5.12. The minimum Gasteiger partial charge on any atom is -0.335 e. The number of hydrogen-bond acceptors (Lipinski definition) is 6. The maximum Gasteiger partial charge on any atom is 0.261 e. The van der Waals surface area contributed by atoms with Gasteiger partial charge in [-0.1, -0.05) is 6.07 Å². The number of aromatic nitrogens is 7. The maximum atomic E-state index is 15.2. The second-order valence-electron chi connectivity index (χ2n) is 9.71. The lowest BCUT2D eigenvalue weighted by Gasteiger charge is -2.16. The summed E-state index contributed by atoms with van der Waals surface area (Å²) in [4.78, 5) is 22.7. The number of halogens is 3. The van der Waals surface area contributed by atoms with Crippen LogP contribution in [0.25, 0.3) is 56.0 Å². The number of imidazole rings is 1. The molecule has 0 aliphatic carbocycles. The summed E-state index contributed by atoms with van der Waals surface area (Å²) in [5.41, 5.74) is 5.50. The van der Waals surface area contributed by atoms with Crippen LogP contribution in [0.4, 0.5) is 13.2 Å². The Balaban J connectivity index is 1.27. The Labute approximate surface area is 220 Å². The zero-order valence-electron chi connectivity index (χ0n) is 20.5. The van der Waals surface area contributed by atoms with Crippen molar-refractivity contribution in [2.24, 2.45) is 0 Å². The van der Waals surface area contributed by atoms with Crippen molar-refractivity contribution in [3.63, 3.8) is 0 Å². The number of fused-ring (bicyclic) bond motifs is 2. The zero-order valence-corrected chi connectivity index (χ0v) is 20.5. The Kier molecular flexibility index (Phi) is 5.41. The van der Waals surface area contributed by atoms with Gasteiger partial charge >= 0.3 is 0 Å². The van der Waals surface area contributed by atoms with Gasteiger partial charge in [-0.2, -0.15) is 5.10 Å². The SMILES string of the molecule is Fc1cc2[nH]nc(-c3nc4nccc(-c5ccccn5)c4[nH]3)c2cc1-c1cncc(CN2CCC(F)(F)C2)c1. The number of hydrogen-bond donors (Lipinski definition) is 2. The van der Waals surface area contributed by atoms with E-state index in [1.807, 2.05) is 24.3 Å². The summed E-state index contributed by atoms with van der Waals surface area (Å²) in [5, 5.41) is 7.97. The summed E-state index contributed by atoms with van der Waals surface area (Å²) in [7, 11) is 0. The highest BCUT2D eigenvalue weighted by molar-refractivity contribution is 5.97. The smallest absolute Gasteiger partial charge is 0.261 e. The van der Waals surface area contributed by atoms with E-state index < -0.39 is 11.7 Å². The van der Waals surface area contributed by atoms with Crippen molar-refractivity contribution >= 4 is 22.1 Å². The topological polar surface area (TPSA) is 99.3 Å². The number of benzene rings is 1. The van der Waals surface area contributed by atoms with Crippen molar-refractivity contribution in [3.8, 4) is 33.9 Å². The van der Waals surface area contributed by atoms with Crippen LogP contribution < -0.4 is 0 Å². The molecular formula is C28H21F3N8. The summed E-state index contributed by atoms with van der Waals surface area (Å²) in [5.74, 6) is -2.65. The van der Waals surface area contributed by atoms with Gasteiger partial charge in [-0.3, -0.25) is 20.0 Å². The number of pyridine rings is 3. The third-order valence-electron chi connectivity index (χ3n) is 6.97. The number of alkyl halides is 2. The molecule has 39 heavy (non-hydrogen) atoms. The molecule has 2 N–H and O–H groups in total. The molecule has 11 heteroatoms. The molecule has 1 fully saturated rings. The highest BCUT2D eigenvalue weighted by atomic mass is 19.3. The molecule has 0 unspecified atom stereocenters. The average Bonchev–Trinajstić information content (AvgIpc) is 3.64. The minimum absolute atomic E-state index is 0.157. The van der Waals surface area contributed by atoms with Crippen LogP contribution in [-0.2, 0) is 6.54 Å². The van der Waals surface area contributed by atoms with Crippen LogP contribution in [0.15, 0.2) is 67.3 Å². The molecule has 7 rings (SSSR count). The highest BCUT2D eigenvalue weighted by Gasteiger charge is 2.37. The quantitative estimate of drug-likeness (QED) is 0.303. The second-order valence-corrected chi connectivity index (χ2v) is 9.71. The van der Waals surface area contributed by atoms with Gasteiger partial charge in [-0.15, -0.1) is 0 Å². The molecule has 8 nitrogen and oxygen atoms in total. The Morgan fingerprint density at radius 2 is 1.92 bits per heavy atom. The largest absolute Gasteiger partial charge is 0.335 e. The lowest BCUT2D eigenvalue weighted by atomic mass is 10.0. The molecule has 6 aromatic rings. The number of H-pyrrole nitrogens is 2. The van der Waals surface area contributed by atoms with E-state index in [2.05, 4.69) is 35.1 Å². The van der Waals surface area contributed by atoms with Crippen LogP contribution in [-0.4, -0.2) is 59.0 Å². The molecule has 0 saturated carbocycles. The third-order valence-corrected chi connectivity index (χ3v) is 6.97. The standard InChI is InChI=1S/C28H21F3N8/c29-21-11-23-20(10-19(21)17-9-16(12-32-13-17)14-39-8-5-28(30,31)15-39)25(38-37-23)27-35-24-18(4-7-34-26(24)36-27)22-3-1-2-6-33-22/h1-4,6-7,9-13H,5,8,14-15H2,(H,37,38)(H,34,35,36). The Hall–Kier alpha value is -4.64. The molecule has 0 amide bonds. The van der Waals surface area contributed by atoms with Crippen molar-refractivity contribution in [2.75, 3.05) is 13.1 Å². The summed E-state index contributed by atoms with van der Waals surface area (Å²) in [6.07, 6.45) is 6.43. The number of rotatable bonds is 5. The fraction of sp³-hybridized carbons (Fsp3) is 0.179. The van der Waals surface area contributed by atoms with E-state index in [1.54, 1.807) is 41.8 Å². The molecular weight excluding hydrogens is 505 g/mol. The van der Waals surface area contributed by atoms with E-state index in [9.17, 15) is 8.78 Å². The number of nitrogens with zero attached hydrogens (tertiary/aromatic N) is 6. The van der Waals surface area contributed by atoms with Gasteiger partial charge < -0.3 is 4.98 Å². The summed E-state index contributed by atoms with van der Waals surface area (Å²) in [6.45, 7) is 0.344. The molecule has 0 atom stereocenters. The van der Waals surface area contributed by atoms with Crippen LogP contribution in [0.1, 0.15) is 12.0 Å². The average molecular weight is 527 g/mol. The number of likely N-dealkylation sites (tertiary alicyclic amines) is 1. The lowest BCUT2D eigenvalue weighted by molar-refractivity contribution is 0.0115. The van der Waals surface area contributed by atoms with Crippen molar-refractivity contribution in [2.45, 2.75) is 18.9 Å². The number of aromatic amines is 2. The van der Waals surface area contributed by atoms with Crippen molar-refractivity contribution in [3.05, 3.63) is 78.6 Å². The van der Waals surface area contributed by atoms with E-state index >= 15 is 4.39 Å². The predicted molar refractivity (Wildman–Crippen MR) is 140 cm³/mol. The Bertz CT molecular complexity index is 1830. The van der Waals surface area contributed by atoms with Gasteiger partial charge in [-0.25, -0.2) is 23.1 Å². The molecule has 1 aliphatic rings. The minimum atomic E-state index is -2.68. The van der Waals surface area contributed by atoms with Crippen LogP contribution in [0.3, 0.4) is 0 Å². The maximum absolute atomic E-state index is 15.2. The van der Waals surface area contributed by atoms with Gasteiger partial charge in [0.05, 0.1) is 23.3 Å². The van der Waals surface area contributed by atoms with Gasteiger partial charge in [0.1, 0.15) is 11.5 Å². The monoisotopic (exact) mass is 526 g/mol. The first-order chi connectivity index (χ1) is 18.9. The van der Waals surface area contributed by atoms with E-state index in [4.69, 9.17) is 0 Å². The first kappa shape index (κ1) is 23.5. The van der Waals surface area contributed by atoms with Gasteiger partial charge in [0.25, 0.3) is 5.92 Å². The molecule has 0 radical (unpaired) electrons. The number of nitrogens with one attached hydrogen (secondary N) is 2. The van der Waals surface area contributed by atoms with Crippen LogP contribution in [0.2, 0.25) is 0 Å². The summed E-state index contributed by atoms with van der Waals surface area (Å²) >= 11 is 0. The van der Waals surface area contributed by atoms with Gasteiger partial charge in [0.2, 0.25) is 0 Å². The van der Waals surface area contributed by atoms with Crippen LogP contribution >= 0.6 is 0 Å². The van der Waals surface area contributed by atoms with Gasteiger partial charge in [-0.05, 0) is 35.9 Å². The van der Waals surface area contributed by atoms with E-state index in [0.717, 1.165) is 16.8 Å². The molecule has 5 aromatic heterocycles. The van der Waals surface area contributed by atoms with E-state index in [0.29, 0.717) is 57.8 Å². The first-order valence-corrected chi connectivity index (χ1v) is 12.4. The van der Waals surface area contributed by atoms with Gasteiger partial charge in [0, 0.05) is 72.4 Å². The molecule has 1 aliphatic heterocycles. The van der Waals surface area contributed by atoms with Crippen molar-refractivity contribution < 1.29 is 13.2 Å². The molecule has 194 valence electrons. The van der Waals surface area contributed by atoms with Crippen molar-refractivity contribution in [1.82, 2.24) is 40.0 Å². The van der Waals surface area contributed by atoms with Crippen molar-refractivity contribution in [1.29, 1.82) is 0 Å². The highest BCUT2D eigenvalue weighted by Crippen LogP contribution is 2.34. The molecule has 1 saturated heterocycles. The second kappa shape index (κ2) is 8.98. The molecule has 0 spiro atoms. The van der Waals surface area contributed by atoms with E-state index in [-0.39, 0.29) is 13.0 Å². The lowest BCUT2D eigenvalue weighted by Crippen LogP contribution is -2.24. The fourth-order valence-electron chi connectivity index (χ4n) is 5.12. The zero-order chi connectivity index (χ0) is 26.6. The summed E-state index contributed by atoms with van der Waals surface area (Å²) in [6, 6.07) is 12.4. The summed E-state index contributed by atoms with van der Waals surface area (Å²) < 4.78 is 42.5. The molecule has 0 bridgehead atoms. The van der Waals surface area contributed by atoms with E-state index in [1.165, 1.54) is 6.07 Å². The normalized spacial score (nSPS) is 15.5. The van der Waals surface area contributed by atoms with Crippen LogP contribution in [0, 0.1) is 5.82 Å². The Morgan fingerprint density at radius 1 is 1.00 bits per heavy atom. The predicted octanol–water partition coefficient (Wildman–Crippen LogP) is 5.61. The third kappa shape index (κ3) is 4.30. The van der Waals surface area contributed by atoms with Crippen LogP contribution in [0.5, 0.6) is 0 Å². The first-order valence-electron chi connectivity index (χ1n) is 12.4. The molecule has 1 aromatic carbocycles.